The van der Waals surface area contributed by atoms with Gasteiger partial charge in [-0.15, -0.1) is 11.3 Å². The first-order valence-corrected chi connectivity index (χ1v) is 9.38. The number of benzene rings is 1. The van der Waals surface area contributed by atoms with E-state index in [1.807, 2.05) is 6.92 Å². The van der Waals surface area contributed by atoms with Crippen LogP contribution in [0.5, 0.6) is 0 Å². The first kappa shape index (κ1) is 20.6. The summed E-state index contributed by atoms with van der Waals surface area (Å²) in [5.74, 6) is -0.136. The molecular weight excluding hydrogens is 366 g/mol. The Morgan fingerprint density at radius 2 is 2.07 bits per heavy atom. The molecule has 8 heteroatoms. The van der Waals surface area contributed by atoms with Crippen molar-refractivity contribution in [2.24, 2.45) is 0 Å². The molecule has 0 unspecified atom stereocenters. The zero-order valence-corrected chi connectivity index (χ0v) is 16.4. The summed E-state index contributed by atoms with van der Waals surface area (Å²) in [6.45, 7) is 6.66. The molecule has 0 aliphatic carbocycles. The number of amides is 2. The Hall–Kier alpha value is -2.74. The van der Waals surface area contributed by atoms with E-state index in [-0.39, 0.29) is 24.8 Å². The van der Waals surface area contributed by atoms with Crippen molar-refractivity contribution in [3.8, 4) is 11.3 Å². The monoisotopic (exact) mass is 389 g/mol. The molecule has 2 amide bonds. The average molecular weight is 389 g/mol. The average Bonchev–Trinajstić information content (AvgIpc) is 3.14. The van der Waals surface area contributed by atoms with Gasteiger partial charge in [-0.25, -0.2) is 4.98 Å². The first-order valence-electron chi connectivity index (χ1n) is 8.56. The van der Waals surface area contributed by atoms with E-state index in [0.717, 1.165) is 22.6 Å². The van der Waals surface area contributed by atoms with E-state index in [4.69, 9.17) is 9.90 Å². The number of carbonyl (C=O) groups excluding carboxylic acids is 2. The van der Waals surface area contributed by atoms with Gasteiger partial charge < -0.3 is 15.3 Å². The fourth-order valence-electron chi connectivity index (χ4n) is 2.98. The molecule has 2 aromatic rings. The molecule has 3 rings (SSSR count). The zero-order chi connectivity index (χ0) is 20.0. The van der Waals surface area contributed by atoms with Crippen LogP contribution in [0.3, 0.4) is 0 Å². The van der Waals surface area contributed by atoms with Gasteiger partial charge in [-0.3, -0.25) is 14.4 Å². The number of aryl methyl sites for hydroxylation is 3. The van der Waals surface area contributed by atoms with Crippen LogP contribution in [0.25, 0.3) is 11.3 Å². The predicted molar refractivity (Wildman–Crippen MR) is 105 cm³/mol. The lowest BCUT2D eigenvalue weighted by Crippen LogP contribution is -2.33. The Morgan fingerprint density at radius 1 is 1.37 bits per heavy atom. The number of hydrogen-bond donors (Lipinski definition) is 2. The van der Waals surface area contributed by atoms with Gasteiger partial charge in [0.25, 0.3) is 6.47 Å². The van der Waals surface area contributed by atoms with E-state index in [0.29, 0.717) is 18.1 Å². The lowest BCUT2D eigenvalue weighted by atomic mass is 10.0. The largest absolute Gasteiger partial charge is 0.483 e. The van der Waals surface area contributed by atoms with Crippen LogP contribution < -0.4 is 5.32 Å². The molecule has 0 bridgehead atoms. The van der Waals surface area contributed by atoms with Crippen LogP contribution in [0, 0.1) is 20.8 Å². The molecule has 0 saturated carbocycles. The second-order valence-corrected chi connectivity index (χ2v) is 7.52. The molecule has 27 heavy (non-hydrogen) atoms. The van der Waals surface area contributed by atoms with Crippen molar-refractivity contribution in [2.45, 2.75) is 33.6 Å². The molecular formula is C19H23N3O4S. The summed E-state index contributed by atoms with van der Waals surface area (Å²) in [4.78, 5) is 39.4. The Morgan fingerprint density at radius 3 is 2.67 bits per heavy atom. The van der Waals surface area contributed by atoms with Gasteiger partial charge in [0.05, 0.1) is 12.2 Å². The number of hydrogen-bond acceptors (Lipinski definition) is 5. The summed E-state index contributed by atoms with van der Waals surface area (Å²) < 4.78 is 0. The van der Waals surface area contributed by atoms with Crippen LogP contribution >= 0.6 is 11.3 Å². The molecule has 2 N–H and O–H groups in total. The summed E-state index contributed by atoms with van der Waals surface area (Å²) in [5, 5.41) is 10.3. The lowest BCUT2D eigenvalue weighted by molar-refractivity contribution is -0.131. The van der Waals surface area contributed by atoms with Crippen LogP contribution in [-0.2, 0) is 14.4 Å². The van der Waals surface area contributed by atoms with Crippen molar-refractivity contribution in [3.05, 3.63) is 34.2 Å². The third-order valence-corrected chi connectivity index (χ3v) is 5.07. The van der Waals surface area contributed by atoms with E-state index in [2.05, 4.69) is 42.3 Å². The van der Waals surface area contributed by atoms with Gasteiger partial charge in [-0.05, 0) is 32.8 Å². The maximum Gasteiger partial charge on any atom is 0.290 e. The van der Waals surface area contributed by atoms with Gasteiger partial charge in [0, 0.05) is 23.4 Å². The van der Waals surface area contributed by atoms with E-state index >= 15 is 0 Å². The van der Waals surface area contributed by atoms with E-state index in [1.54, 1.807) is 4.90 Å². The Labute approximate surface area is 162 Å². The summed E-state index contributed by atoms with van der Waals surface area (Å²) >= 11 is 1.46. The van der Waals surface area contributed by atoms with Crippen LogP contribution in [0.15, 0.2) is 18.2 Å². The molecule has 144 valence electrons. The van der Waals surface area contributed by atoms with E-state index in [9.17, 15) is 9.59 Å². The van der Waals surface area contributed by atoms with Crippen molar-refractivity contribution < 1.29 is 19.5 Å². The predicted octanol–water partition coefficient (Wildman–Crippen LogP) is 3.00. The van der Waals surface area contributed by atoms with Gasteiger partial charge in [0.2, 0.25) is 11.8 Å². The number of anilines is 1. The third kappa shape index (κ3) is 5.37. The van der Waals surface area contributed by atoms with Crippen LogP contribution in [0.2, 0.25) is 0 Å². The number of carboxylic acid groups (broad SMARTS) is 1. The van der Waals surface area contributed by atoms with Crippen molar-refractivity contribution in [2.75, 3.05) is 18.4 Å². The molecule has 0 spiro atoms. The Balaban J connectivity index is 0.000000817. The van der Waals surface area contributed by atoms with E-state index < -0.39 is 0 Å². The van der Waals surface area contributed by atoms with Crippen molar-refractivity contribution >= 4 is 34.8 Å². The maximum absolute atomic E-state index is 12.1. The lowest BCUT2D eigenvalue weighted by Gasteiger charge is -2.13. The number of likely N-dealkylation sites (tertiary alicyclic amines) is 1. The third-order valence-electron chi connectivity index (χ3n) is 4.19. The van der Waals surface area contributed by atoms with Crippen LogP contribution in [-0.4, -0.2) is 46.4 Å². The normalized spacial score (nSPS) is 13.1. The molecule has 1 aliphatic rings. The minimum Gasteiger partial charge on any atom is -0.483 e. The van der Waals surface area contributed by atoms with Gasteiger partial charge >= 0.3 is 0 Å². The molecule has 1 fully saturated rings. The smallest absolute Gasteiger partial charge is 0.290 e. The number of rotatable bonds is 4. The molecule has 1 aliphatic heterocycles. The van der Waals surface area contributed by atoms with Crippen LogP contribution in [0.1, 0.15) is 28.8 Å². The standard InChI is InChI=1S/C18H21N3O2S.CH2O2/c1-11-6-7-14(12(2)9-11)17-13(3)24-18(20-17)19-15(22)10-21-8-4-5-16(21)23;2-1-3/h6-7,9H,4-5,8,10H2,1-3H3,(H,19,20,22);1H,(H,2,3). The first-order chi connectivity index (χ1) is 12.8. The maximum atomic E-state index is 12.1. The number of nitrogens with one attached hydrogen (secondary N) is 1. The fourth-order valence-corrected chi connectivity index (χ4v) is 3.83. The van der Waals surface area contributed by atoms with Crippen LogP contribution in [0.4, 0.5) is 5.13 Å². The van der Waals surface area contributed by atoms with Crippen molar-refractivity contribution in [1.29, 1.82) is 0 Å². The minimum atomic E-state index is -0.250. The summed E-state index contributed by atoms with van der Waals surface area (Å²) in [7, 11) is 0. The number of thiazole rings is 1. The molecule has 1 saturated heterocycles. The molecule has 0 radical (unpaired) electrons. The highest BCUT2D eigenvalue weighted by molar-refractivity contribution is 7.16. The van der Waals surface area contributed by atoms with Gasteiger partial charge in [0.15, 0.2) is 5.13 Å². The number of carbonyl (C=O) groups is 3. The Kier molecular flexibility index (Phi) is 7.06. The highest BCUT2D eigenvalue weighted by atomic mass is 32.1. The zero-order valence-electron chi connectivity index (χ0n) is 15.6. The quantitative estimate of drug-likeness (QED) is 0.783. The minimum absolute atomic E-state index is 0.0523. The summed E-state index contributed by atoms with van der Waals surface area (Å²) in [5.41, 5.74) is 4.38. The molecule has 2 heterocycles. The molecule has 0 atom stereocenters. The van der Waals surface area contributed by atoms with Gasteiger partial charge in [0.1, 0.15) is 0 Å². The number of aromatic nitrogens is 1. The molecule has 1 aromatic carbocycles. The van der Waals surface area contributed by atoms with Crippen molar-refractivity contribution in [1.82, 2.24) is 9.88 Å². The SMILES string of the molecule is Cc1ccc(-c2nc(NC(=O)CN3CCCC3=O)sc2C)c(C)c1.O=CO. The molecule has 1 aromatic heterocycles. The van der Waals surface area contributed by atoms with Gasteiger partial charge in [-0.1, -0.05) is 23.8 Å². The Bertz CT molecular complexity index is 847. The van der Waals surface area contributed by atoms with E-state index in [1.165, 1.54) is 22.5 Å². The second kappa shape index (κ2) is 9.27. The highest BCUT2D eigenvalue weighted by Gasteiger charge is 2.23. The summed E-state index contributed by atoms with van der Waals surface area (Å²) in [6.07, 6.45) is 1.37. The number of nitrogens with zero attached hydrogens (tertiary/aromatic N) is 2. The molecule has 7 nitrogen and oxygen atoms in total. The van der Waals surface area contributed by atoms with Gasteiger partial charge in [-0.2, -0.15) is 0 Å². The highest BCUT2D eigenvalue weighted by Crippen LogP contribution is 2.32. The summed E-state index contributed by atoms with van der Waals surface area (Å²) in [6, 6.07) is 6.27. The fraction of sp³-hybridized carbons (Fsp3) is 0.368. The van der Waals surface area contributed by atoms with Crippen molar-refractivity contribution in [3.63, 3.8) is 0 Å². The second-order valence-electron chi connectivity index (χ2n) is 6.31. The topological polar surface area (TPSA) is 99.6 Å².